The summed E-state index contributed by atoms with van der Waals surface area (Å²) in [6.07, 6.45) is 1.42. The summed E-state index contributed by atoms with van der Waals surface area (Å²) in [5, 5.41) is 4.81. The van der Waals surface area contributed by atoms with Gasteiger partial charge in [-0.05, 0) is 77.2 Å². The fraction of sp³-hybridized carbons (Fsp3) is 0.100. The number of aryl methyl sites for hydroxylation is 2. The van der Waals surface area contributed by atoms with Crippen LogP contribution in [0.25, 0.3) is 16.8 Å². The van der Waals surface area contributed by atoms with Gasteiger partial charge in [0.25, 0.3) is 11.8 Å². The molecule has 0 unspecified atom stereocenters. The molecule has 0 aromatic heterocycles. The highest BCUT2D eigenvalue weighted by molar-refractivity contribution is 6.39. The van der Waals surface area contributed by atoms with Gasteiger partial charge in [0, 0.05) is 0 Å². The van der Waals surface area contributed by atoms with Crippen molar-refractivity contribution in [3.8, 4) is 5.75 Å². The van der Waals surface area contributed by atoms with Crippen LogP contribution in [0.1, 0.15) is 22.3 Å². The topological polar surface area (TPSA) is 75.7 Å². The van der Waals surface area contributed by atoms with Crippen molar-refractivity contribution >= 4 is 52.0 Å². The first-order valence-electron chi connectivity index (χ1n) is 11.7. The molecule has 6 nitrogen and oxygen atoms in total. The monoisotopic (exact) mass is 510 g/mol. The highest BCUT2D eigenvalue weighted by Crippen LogP contribution is 2.30. The quantitative estimate of drug-likeness (QED) is 0.250. The normalized spacial score (nSPS) is 14.8. The Labute approximate surface area is 219 Å². The van der Waals surface area contributed by atoms with E-state index in [0.29, 0.717) is 28.6 Å². The van der Waals surface area contributed by atoms with Crippen LogP contribution in [-0.2, 0) is 16.2 Å². The van der Waals surface area contributed by atoms with Crippen LogP contribution in [-0.4, -0.2) is 17.8 Å². The zero-order valence-electron chi connectivity index (χ0n) is 20.2. The number of ether oxygens (including phenoxy) is 1. The molecule has 7 heteroatoms. The number of urea groups is 1. The van der Waals surface area contributed by atoms with Gasteiger partial charge < -0.3 is 4.74 Å². The van der Waals surface area contributed by atoms with E-state index in [1.807, 2.05) is 62.4 Å². The van der Waals surface area contributed by atoms with Crippen LogP contribution in [0, 0.1) is 13.8 Å². The average molecular weight is 511 g/mol. The summed E-state index contributed by atoms with van der Waals surface area (Å²) in [7, 11) is 0. The maximum Gasteiger partial charge on any atom is 0.335 e. The molecule has 1 N–H and O–H groups in total. The predicted molar refractivity (Wildman–Crippen MR) is 145 cm³/mol. The predicted octanol–water partition coefficient (Wildman–Crippen LogP) is 6.36. The Morgan fingerprint density at radius 3 is 2.46 bits per heavy atom. The average Bonchev–Trinajstić information content (AvgIpc) is 2.88. The van der Waals surface area contributed by atoms with Gasteiger partial charge in [0.2, 0.25) is 0 Å². The van der Waals surface area contributed by atoms with Crippen molar-refractivity contribution in [1.29, 1.82) is 0 Å². The highest BCUT2D eigenvalue weighted by Gasteiger charge is 2.36. The van der Waals surface area contributed by atoms with E-state index in [1.54, 1.807) is 30.3 Å². The fourth-order valence-electron chi connectivity index (χ4n) is 4.22. The fourth-order valence-corrected chi connectivity index (χ4v) is 4.46. The molecular formula is C30H23ClN2O4. The van der Waals surface area contributed by atoms with E-state index in [-0.39, 0.29) is 5.57 Å². The Kier molecular flexibility index (Phi) is 6.51. The number of rotatable bonds is 5. The molecule has 4 aromatic rings. The van der Waals surface area contributed by atoms with Gasteiger partial charge in [0.1, 0.15) is 17.9 Å². The second kappa shape index (κ2) is 9.91. The number of carbonyl (C=O) groups is 3. The van der Waals surface area contributed by atoms with Gasteiger partial charge in [-0.25, -0.2) is 9.69 Å². The number of hydrogen-bond donors (Lipinski definition) is 1. The van der Waals surface area contributed by atoms with Crippen LogP contribution in [0.5, 0.6) is 5.75 Å². The first-order chi connectivity index (χ1) is 17.8. The number of fused-ring (bicyclic) bond motifs is 1. The van der Waals surface area contributed by atoms with Crippen molar-refractivity contribution < 1.29 is 19.1 Å². The minimum Gasteiger partial charge on any atom is -0.487 e. The molecule has 0 saturated carbocycles. The van der Waals surface area contributed by atoms with Crippen molar-refractivity contribution in [2.45, 2.75) is 20.5 Å². The van der Waals surface area contributed by atoms with Crippen LogP contribution in [0.4, 0.5) is 10.5 Å². The van der Waals surface area contributed by atoms with Crippen LogP contribution in [0.3, 0.4) is 0 Å². The molecular weight excluding hydrogens is 488 g/mol. The number of nitrogens with zero attached hydrogens (tertiary/aromatic N) is 1. The van der Waals surface area contributed by atoms with E-state index in [2.05, 4.69) is 5.32 Å². The maximum atomic E-state index is 13.2. The Balaban J connectivity index is 1.38. The molecule has 4 aromatic carbocycles. The molecule has 1 aliphatic rings. The number of amides is 4. The molecule has 0 aliphatic carbocycles. The number of carbonyl (C=O) groups excluding carboxylic acids is 3. The number of anilines is 1. The molecule has 1 aliphatic heterocycles. The third-order valence-corrected chi connectivity index (χ3v) is 6.68. The molecule has 0 radical (unpaired) electrons. The lowest BCUT2D eigenvalue weighted by Gasteiger charge is -2.26. The molecule has 0 atom stereocenters. The third kappa shape index (κ3) is 4.84. The second-order valence-electron chi connectivity index (χ2n) is 8.84. The second-order valence-corrected chi connectivity index (χ2v) is 9.25. The van der Waals surface area contributed by atoms with Gasteiger partial charge >= 0.3 is 6.03 Å². The summed E-state index contributed by atoms with van der Waals surface area (Å²) < 4.78 is 5.98. The lowest BCUT2D eigenvalue weighted by molar-refractivity contribution is -0.122. The van der Waals surface area contributed by atoms with E-state index in [0.717, 1.165) is 32.4 Å². The van der Waals surface area contributed by atoms with Crippen molar-refractivity contribution in [1.82, 2.24) is 5.32 Å². The van der Waals surface area contributed by atoms with E-state index in [4.69, 9.17) is 16.3 Å². The Hall–Kier alpha value is -4.42. The number of imide groups is 2. The van der Waals surface area contributed by atoms with Gasteiger partial charge in [-0.3, -0.25) is 14.9 Å². The van der Waals surface area contributed by atoms with Crippen LogP contribution in [0.2, 0.25) is 5.02 Å². The van der Waals surface area contributed by atoms with Gasteiger partial charge in [-0.15, -0.1) is 0 Å². The number of nitrogens with one attached hydrogen (secondary N) is 1. The minimum atomic E-state index is -0.786. The van der Waals surface area contributed by atoms with Crippen LogP contribution < -0.4 is 15.0 Å². The summed E-state index contributed by atoms with van der Waals surface area (Å²) in [5.74, 6) is -0.991. The van der Waals surface area contributed by atoms with E-state index in [1.165, 1.54) is 6.08 Å². The van der Waals surface area contributed by atoms with Crippen molar-refractivity contribution in [2.75, 3.05) is 4.90 Å². The maximum absolute atomic E-state index is 13.2. The van der Waals surface area contributed by atoms with Crippen LogP contribution >= 0.6 is 11.6 Å². The summed E-state index contributed by atoms with van der Waals surface area (Å²) >= 11 is 6.48. The first kappa shape index (κ1) is 24.3. The first-order valence-corrected chi connectivity index (χ1v) is 12.1. The molecule has 37 heavy (non-hydrogen) atoms. The van der Waals surface area contributed by atoms with Gasteiger partial charge in [-0.1, -0.05) is 66.2 Å². The molecule has 1 saturated heterocycles. The lowest BCUT2D eigenvalue weighted by atomic mass is 10.0. The van der Waals surface area contributed by atoms with Crippen molar-refractivity contribution in [3.63, 3.8) is 0 Å². The molecule has 184 valence electrons. The van der Waals surface area contributed by atoms with Crippen LogP contribution in [0.15, 0.2) is 84.4 Å². The Bertz CT molecular complexity index is 1600. The number of benzene rings is 4. The minimum absolute atomic E-state index is 0.168. The summed E-state index contributed by atoms with van der Waals surface area (Å²) in [5.41, 5.74) is 3.72. The Morgan fingerprint density at radius 2 is 1.68 bits per heavy atom. The van der Waals surface area contributed by atoms with Gasteiger partial charge in [0.05, 0.1) is 10.7 Å². The summed E-state index contributed by atoms with van der Waals surface area (Å²) in [6.45, 7) is 4.15. The van der Waals surface area contributed by atoms with E-state index < -0.39 is 17.8 Å². The Morgan fingerprint density at radius 1 is 0.892 bits per heavy atom. The zero-order chi connectivity index (χ0) is 26.1. The molecule has 5 rings (SSSR count). The highest BCUT2D eigenvalue weighted by atomic mass is 35.5. The number of barbiturate groups is 1. The van der Waals surface area contributed by atoms with E-state index >= 15 is 0 Å². The zero-order valence-corrected chi connectivity index (χ0v) is 21.0. The summed E-state index contributed by atoms with van der Waals surface area (Å²) in [4.78, 5) is 39.2. The smallest absolute Gasteiger partial charge is 0.335 e. The molecule has 4 amide bonds. The number of hydrogen-bond acceptors (Lipinski definition) is 4. The van der Waals surface area contributed by atoms with Crippen molar-refractivity contribution in [3.05, 3.63) is 112 Å². The van der Waals surface area contributed by atoms with Gasteiger partial charge in [-0.2, -0.15) is 0 Å². The third-order valence-electron chi connectivity index (χ3n) is 6.38. The lowest BCUT2D eigenvalue weighted by Crippen LogP contribution is -2.54. The SMILES string of the molecule is Cc1ccc(N2C(=O)NC(=O)/C(=C\c3ccc(OCc4cccc5ccccc45)c(Cl)c3)C2=O)cc1C. The standard InChI is InChI=1S/C30H23ClN2O4/c1-18-10-12-23(14-19(18)2)33-29(35)25(28(34)32-30(33)36)15-20-11-13-27(26(31)16-20)37-17-22-8-5-7-21-6-3-4-9-24(21)22/h3-16H,17H2,1-2H3,(H,32,34,36)/b25-15+. The van der Waals surface area contributed by atoms with Crippen molar-refractivity contribution in [2.24, 2.45) is 0 Å². The molecule has 1 fully saturated rings. The van der Waals surface area contributed by atoms with E-state index in [9.17, 15) is 14.4 Å². The molecule has 1 heterocycles. The molecule has 0 spiro atoms. The molecule has 0 bridgehead atoms. The number of halogens is 1. The van der Waals surface area contributed by atoms with Gasteiger partial charge in [0.15, 0.2) is 0 Å². The summed E-state index contributed by atoms with van der Waals surface area (Å²) in [6, 6.07) is 23.6. The largest absolute Gasteiger partial charge is 0.487 e.